The lowest BCUT2D eigenvalue weighted by Gasteiger charge is -2.25. The van der Waals surface area contributed by atoms with Crippen molar-refractivity contribution in [3.8, 4) is 0 Å². The first-order chi connectivity index (χ1) is 8.13. The van der Waals surface area contributed by atoms with Crippen molar-refractivity contribution in [1.29, 1.82) is 0 Å². The van der Waals surface area contributed by atoms with E-state index < -0.39 is 0 Å². The maximum Gasteiger partial charge on any atom is 0.220 e. The third-order valence-electron chi connectivity index (χ3n) is 3.43. The zero-order valence-corrected chi connectivity index (χ0v) is 11.3. The van der Waals surface area contributed by atoms with Crippen molar-refractivity contribution in [2.24, 2.45) is 11.8 Å². The highest BCUT2D eigenvalue weighted by Gasteiger charge is 2.20. The van der Waals surface area contributed by atoms with Crippen LogP contribution in [0.15, 0.2) is 0 Å². The van der Waals surface area contributed by atoms with Gasteiger partial charge in [0.05, 0.1) is 12.6 Å². The number of ether oxygens (including phenoxy) is 1. The summed E-state index contributed by atoms with van der Waals surface area (Å²) in [5.41, 5.74) is 0. The molecule has 100 valence electrons. The van der Waals surface area contributed by atoms with E-state index in [0.29, 0.717) is 24.9 Å². The number of hydrogen-bond acceptors (Lipinski definition) is 3. The van der Waals surface area contributed by atoms with Gasteiger partial charge in [0, 0.05) is 13.5 Å². The second-order valence-electron chi connectivity index (χ2n) is 5.27. The number of piperidine rings is 1. The Kier molecular flexibility index (Phi) is 6.52. The average Bonchev–Trinajstić information content (AvgIpc) is 2.29. The summed E-state index contributed by atoms with van der Waals surface area (Å²) in [6, 6.07) is 0.134. The lowest BCUT2D eigenvalue weighted by Crippen LogP contribution is -2.42. The largest absolute Gasteiger partial charge is 0.383 e. The van der Waals surface area contributed by atoms with Gasteiger partial charge in [-0.05, 0) is 37.8 Å². The summed E-state index contributed by atoms with van der Waals surface area (Å²) in [4.78, 5) is 11.9. The van der Waals surface area contributed by atoms with E-state index in [1.165, 1.54) is 0 Å². The van der Waals surface area contributed by atoms with Crippen LogP contribution in [-0.4, -0.2) is 38.8 Å². The molecular weight excluding hydrogens is 216 g/mol. The summed E-state index contributed by atoms with van der Waals surface area (Å²) < 4.78 is 5.13. The van der Waals surface area contributed by atoms with Gasteiger partial charge in [-0.3, -0.25) is 4.79 Å². The molecular formula is C13H26N2O2. The molecule has 4 heteroatoms. The standard InChI is InChI=1S/C13H26N2O2/c1-10(2)12(9-17-3)15-13(16)8-11-4-6-14-7-5-11/h10-12,14H,4-9H2,1-3H3,(H,15,16). The minimum Gasteiger partial charge on any atom is -0.383 e. The Balaban J connectivity index is 2.30. The van der Waals surface area contributed by atoms with E-state index in [1.54, 1.807) is 7.11 Å². The maximum absolute atomic E-state index is 11.9. The highest BCUT2D eigenvalue weighted by molar-refractivity contribution is 5.76. The average molecular weight is 242 g/mol. The summed E-state index contributed by atoms with van der Waals surface area (Å²) in [5.74, 6) is 1.13. The van der Waals surface area contributed by atoms with E-state index in [-0.39, 0.29) is 11.9 Å². The van der Waals surface area contributed by atoms with Gasteiger partial charge >= 0.3 is 0 Å². The van der Waals surface area contributed by atoms with Gasteiger partial charge in [0.15, 0.2) is 0 Å². The van der Waals surface area contributed by atoms with E-state index in [4.69, 9.17) is 4.74 Å². The fourth-order valence-corrected chi connectivity index (χ4v) is 2.19. The molecule has 1 aliphatic heterocycles. The Hall–Kier alpha value is -0.610. The van der Waals surface area contributed by atoms with Crippen LogP contribution in [0.25, 0.3) is 0 Å². The van der Waals surface area contributed by atoms with Crippen LogP contribution in [0.1, 0.15) is 33.1 Å². The fraction of sp³-hybridized carbons (Fsp3) is 0.923. The molecule has 0 radical (unpaired) electrons. The number of methoxy groups -OCH3 is 1. The van der Waals surface area contributed by atoms with Crippen LogP contribution in [0, 0.1) is 11.8 Å². The van der Waals surface area contributed by atoms with Gasteiger partial charge in [-0.1, -0.05) is 13.8 Å². The molecule has 1 unspecified atom stereocenters. The van der Waals surface area contributed by atoms with Crippen LogP contribution in [-0.2, 0) is 9.53 Å². The van der Waals surface area contributed by atoms with Crippen LogP contribution >= 0.6 is 0 Å². The van der Waals surface area contributed by atoms with Gasteiger partial charge in [0.1, 0.15) is 0 Å². The Bertz CT molecular complexity index is 225. The first kappa shape index (κ1) is 14.5. The smallest absolute Gasteiger partial charge is 0.220 e. The molecule has 0 aromatic carbocycles. The topological polar surface area (TPSA) is 50.4 Å². The van der Waals surface area contributed by atoms with Gasteiger partial charge in [-0.25, -0.2) is 0 Å². The molecule has 0 aromatic heterocycles. The molecule has 1 fully saturated rings. The van der Waals surface area contributed by atoms with Crippen LogP contribution in [0.5, 0.6) is 0 Å². The number of amides is 1. The third kappa shape index (κ3) is 5.50. The molecule has 0 aromatic rings. The summed E-state index contributed by atoms with van der Waals surface area (Å²) in [6.45, 7) is 6.89. The van der Waals surface area contributed by atoms with Crippen molar-refractivity contribution in [2.45, 2.75) is 39.2 Å². The molecule has 4 nitrogen and oxygen atoms in total. The van der Waals surface area contributed by atoms with Crippen molar-refractivity contribution >= 4 is 5.91 Å². The Morgan fingerprint density at radius 2 is 2.06 bits per heavy atom. The van der Waals surface area contributed by atoms with Crippen molar-refractivity contribution < 1.29 is 9.53 Å². The van der Waals surface area contributed by atoms with E-state index in [1.807, 2.05) is 0 Å². The van der Waals surface area contributed by atoms with Crippen molar-refractivity contribution in [1.82, 2.24) is 10.6 Å². The number of rotatable bonds is 6. The maximum atomic E-state index is 11.9. The van der Waals surface area contributed by atoms with Gasteiger partial charge in [0.25, 0.3) is 0 Å². The monoisotopic (exact) mass is 242 g/mol. The number of nitrogens with one attached hydrogen (secondary N) is 2. The highest BCUT2D eigenvalue weighted by atomic mass is 16.5. The molecule has 1 saturated heterocycles. The van der Waals surface area contributed by atoms with Gasteiger partial charge in [-0.15, -0.1) is 0 Å². The summed E-state index contributed by atoms with van der Waals surface area (Å²) in [7, 11) is 1.67. The SMILES string of the molecule is COCC(NC(=O)CC1CCNCC1)C(C)C. The van der Waals surface area contributed by atoms with Gasteiger partial charge in [0.2, 0.25) is 5.91 Å². The summed E-state index contributed by atoms with van der Waals surface area (Å²) in [6.07, 6.45) is 2.89. The fourth-order valence-electron chi connectivity index (χ4n) is 2.19. The Morgan fingerprint density at radius 3 is 2.59 bits per heavy atom. The zero-order valence-electron chi connectivity index (χ0n) is 11.3. The predicted molar refractivity (Wildman–Crippen MR) is 68.9 cm³/mol. The first-order valence-electron chi connectivity index (χ1n) is 6.62. The molecule has 0 aliphatic carbocycles. The quantitative estimate of drug-likeness (QED) is 0.735. The van der Waals surface area contributed by atoms with E-state index >= 15 is 0 Å². The predicted octanol–water partition coefficient (Wildman–Crippen LogP) is 1.16. The van der Waals surface area contributed by atoms with Crippen LogP contribution in [0.3, 0.4) is 0 Å². The number of hydrogen-bond donors (Lipinski definition) is 2. The summed E-state index contributed by atoms with van der Waals surface area (Å²) >= 11 is 0. The zero-order chi connectivity index (χ0) is 12.7. The molecule has 1 atom stereocenters. The van der Waals surface area contributed by atoms with Gasteiger partial charge in [-0.2, -0.15) is 0 Å². The minimum atomic E-state index is 0.134. The van der Waals surface area contributed by atoms with Crippen LogP contribution < -0.4 is 10.6 Å². The molecule has 1 amide bonds. The van der Waals surface area contributed by atoms with E-state index in [9.17, 15) is 4.79 Å². The van der Waals surface area contributed by atoms with E-state index in [0.717, 1.165) is 25.9 Å². The van der Waals surface area contributed by atoms with E-state index in [2.05, 4.69) is 24.5 Å². The first-order valence-corrected chi connectivity index (χ1v) is 6.62. The lowest BCUT2D eigenvalue weighted by molar-refractivity contribution is -0.123. The molecule has 0 saturated carbocycles. The second-order valence-corrected chi connectivity index (χ2v) is 5.27. The van der Waals surface area contributed by atoms with Crippen molar-refractivity contribution in [3.05, 3.63) is 0 Å². The Morgan fingerprint density at radius 1 is 1.41 bits per heavy atom. The normalized spacial score (nSPS) is 19.3. The lowest BCUT2D eigenvalue weighted by atomic mass is 9.94. The molecule has 17 heavy (non-hydrogen) atoms. The van der Waals surface area contributed by atoms with Gasteiger partial charge < -0.3 is 15.4 Å². The molecule has 1 aliphatic rings. The third-order valence-corrected chi connectivity index (χ3v) is 3.43. The van der Waals surface area contributed by atoms with Crippen LogP contribution in [0.2, 0.25) is 0 Å². The molecule has 0 bridgehead atoms. The Labute approximate surface area is 104 Å². The number of carbonyl (C=O) groups excluding carboxylic acids is 1. The molecule has 1 heterocycles. The molecule has 1 rings (SSSR count). The number of carbonyl (C=O) groups is 1. The van der Waals surface area contributed by atoms with Crippen molar-refractivity contribution in [2.75, 3.05) is 26.8 Å². The molecule has 0 spiro atoms. The van der Waals surface area contributed by atoms with Crippen LogP contribution in [0.4, 0.5) is 0 Å². The minimum absolute atomic E-state index is 0.134. The second kappa shape index (κ2) is 7.67. The van der Waals surface area contributed by atoms with Crippen molar-refractivity contribution in [3.63, 3.8) is 0 Å². The summed E-state index contributed by atoms with van der Waals surface area (Å²) in [5, 5.41) is 6.40. The molecule has 2 N–H and O–H groups in total. The highest BCUT2D eigenvalue weighted by Crippen LogP contribution is 2.16.